The Morgan fingerprint density at radius 2 is 2.08 bits per heavy atom. The minimum absolute atomic E-state index is 0.149. The molecule has 0 spiro atoms. The minimum Gasteiger partial charge on any atom is -0.396 e. The number of aliphatic hydroxyl groups is 2. The van der Waals surface area contributed by atoms with E-state index in [1.807, 2.05) is 7.05 Å². The van der Waals surface area contributed by atoms with E-state index in [2.05, 4.69) is 4.90 Å². The molecule has 1 aliphatic heterocycles. The van der Waals surface area contributed by atoms with E-state index >= 15 is 0 Å². The van der Waals surface area contributed by atoms with Gasteiger partial charge in [-0.25, -0.2) is 0 Å². The summed E-state index contributed by atoms with van der Waals surface area (Å²) in [5.74, 6) is -0.576. The zero-order valence-electron chi connectivity index (χ0n) is 7.94. The van der Waals surface area contributed by atoms with Gasteiger partial charge in [0.25, 0.3) is 0 Å². The Labute approximate surface area is 78.2 Å². The molecular formula is C9H17NO3. The predicted octanol–water partition coefficient (Wildman–Crippen LogP) is -0.750. The van der Waals surface area contributed by atoms with Crippen LogP contribution >= 0.6 is 0 Å². The lowest BCUT2D eigenvalue weighted by molar-refractivity contribution is -0.134. The molecule has 2 unspecified atom stereocenters. The normalized spacial score (nSPS) is 32.7. The fraction of sp³-hybridized carbons (Fsp3) is 0.889. The summed E-state index contributed by atoms with van der Waals surface area (Å²) in [6, 6.07) is 0. The third-order valence-electron chi connectivity index (χ3n) is 2.59. The highest BCUT2D eigenvalue weighted by Crippen LogP contribution is 2.13. The van der Waals surface area contributed by atoms with Crippen molar-refractivity contribution >= 4 is 5.78 Å². The van der Waals surface area contributed by atoms with Crippen molar-refractivity contribution in [1.82, 2.24) is 4.90 Å². The maximum absolute atomic E-state index is 11.4. The fourth-order valence-electron chi connectivity index (χ4n) is 1.57. The molecule has 0 aliphatic carbocycles. The highest BCUT2D eigenvalue weighted by atomic mass is 16.3. The van der Waals surface area contributed by atoms with Gasteiger partial charge in [-0.15, -0.1) is 0 Å². The Bertz CT molecular complexity index is 184. The maximum atomic E-state index is 11.4. The monoisotopic (exact) mass is 187 g/mol. The van der Waals surface area contributed by atoms with Gasteiger partial charge in [0.2, 0.25) is 0 Å². The number of ketones is 1. The standard InChI is InChI=1S/C9H17NO3/c1-10-4-2-7(6-11)9(13)8(12)3-5-10/h7-8,11-12H,2-6H2,1H3. The van der Waals surface area contributed by atoms with Crippen molar-refractivity contribution < 1.29 is 15.0 Å². The van der Waals surface area contributed by atoms with Gasteiger partial charge < -0.3 is 15.1 Å². The zero-order valence-corrected chi connectivity index (χ0v) is 7.94. The van der Waals surface area contributed by atoms with Gasteiger partial charge >= 0.3 is 0 Å². The summed E-state index contributed by atoms with van der Waals surface area (Å²) in [7, 11) is 1.96. The lowest BCUT2D eigenvalue weighted by Gasteiger charge is -2.26. The van der Waals surface area contributed by atoms with Crippen LogP contribution in [0.15, 0.2) is 0 Å². The molecule has 2 N–H and O–H groups in total. The number of aliphatic hydroxyl groups excluding tert-OH is 2. The number of carbonyl (C=O) groups excluding carboxylic acids is 1. The molecule has 0 aromatic carbocycles. The maximum Gasteiger partial charge on any atom is 0.166 e. The molecule has 13 heavy (non-hydrogen) atoms. The van der Waals surface area contributed by atoms with Crippen LogP contribution < -0.4 is 0 Å². The summed E-state index contributed by atoms with van der Waals surface area (Å²) in [6.07, 6.45) is 0.231. The first-order valence-corrected chi connectivity index (χ1v) is 4.66. The van der Waals surface area contributed by atoms with Crippen molar-refractivity contribution in [2.45, 2.75) is 18.9 Å². The quantitative estimate of drug-likeness (QED) is 0.567. The van der Waals surface area contributed by atoms with Gasteiger partial charge in [-0.3, -0.25) is 4.79 Å². The topological polar surface area (TPSA) is 60.8 Å². The molecule has 1 fully saturated rings. The summed E-state index contributed by atoms with van der Waals surface area (Å²) >= 11 is 0. The summed E-state index contributed by atoms with van der Waals surface area (Å²) < 4.78 is 0. The number of carbonyl (C=O) groups is 1. The van der Waals surface area contributed by atoms with Gasteiger partial charge in [0.15, 0.2) is 5.78 Å². The van der Waals surface area contributed by atoms with E-state index in [0.717, 1.165) is 13.1 Å². The van der Waals surface area contributed by atoms with Gasteiger partial charge in [0, 0.05) is 12.5 Å². The Hall–Kier alpha value is -0.450. The van der Waals surface area contributed by atoms with Crippen LogP contribution in [0.25, 0.3) is 0 Å². The molecule has 4 heteroatoms. The minimum atomic E-state index is -0.889. The second-order valence-corrected chi connectivity index (χ2v) is 3.68. The van der Waals surface area contributed by atoms with Crippen molar-refractivity contribution in [3.63, 3.8) is 0 Å². The Kier molecular flexibility index (Phi) is 3.84. The highest BCUT2D eigenvalue weighted by molar-refractivity contribution is 5.85. The first-order chi connectivity index (χ1) is 6.15. The number of nitrogens with zero attached hydrogens (tertiary/aromatic N) is 1. The van der Waals surface area contributed by atoms with E-state index in [9.17, 15) is 9.90 Å². The summed E-state index contributed by atoms with van der Waals surface area (Å²) in [4.78, 5) is 13.5. The van der Waals surface area contributed by atoms with Crippen molar-refractivity contribution in [3.05, 3.63) is 0 Å². The lowest BCUT2D eigenvalue weighted by Crippen LogP contribution is -2.38. The molecule has 4 nitrogen and oxygen atoms in total. The van der Waals surface area contributed by atoms with Crippen LogP contribution in [0.3, 0.4) is 0 Å². The molecule has 1 saturated heterocycles. The Morgan fingerprint density at radius 1 is 1.46 bits per heavy atom. The Morgan fingerprint density at radius 3 is 2.69 bits per heavy atom. The van der Waals surface area contributed by atoms with Crippen LogP contribution in [0.5, 0.6) is 0 Å². The van der Waals surface area contributed by atoms with Gasteiger partial charge in [0.1, 0.15) is 6.10 Å². The molecule has 0 amide bonds. The fourth-order valence-corrected chi connectivity index (χ4v) is 1.57. The number of hydrogen-bond donors (Lipinski definition) is 2. The number of Topliss-reactive ketones (excluding diaryl/α,β-unsaturated/α-hetero) is 1. The Balaban J connectivity index is 2.58. The van der Waals surface area contributed by atoms with Crippen molar-refractivity contribution in [2.75, 3.05) is 26.7 Å². The first-order valence-electron chi connectivity index (χ1n) is 4.66. The molecule has 1 aliphatic rings. The molecule has 2 atom stereocenters. The van der Waals surface area contributed by atoms with Crippen molar-refractivity contribution in [1.29, 1.82) is 0 Å². The predicted molar refractivity (Wildman–Crippen MR) is 48.3 cm³/mol. The SMILES string of the molecule is CN1CCC(O)C(=O)C(CO)CC1. The van der Waals surface area contributed by atoms with E-state index in [4.69, 9.17) is 5.11 Å². The average molecular weight is 187 g/mol. The molecular weight excluding hydrogens is 170 g/mol. The highest BCUT2D eigenvalue weighted by Gasteiger charge is 2.27. The number of rotatable bonds is 1. The van der Waals surface area contributed by atoms with E-state index in [1.165, 1.54) is 0 Å². The second-order valence-electron chi connectivity index (χ2n) is 3.68. The summed E-state index contributed by atoms with van der Waals surface area (Å²) in [6.45, 7) is 1.40. The molecule has 1 rings (SSSR count). The van der Waals surface area contributed by atoms with Crippen LogP contribution in [-0.2, 0) is 4.79 Å². The zero-order chi connectivity index (χ0) is 9.84. The number of hydrogen-bond acceptors (Lipinski definition) is 4. The van der Waals surface area contributed by atoms with Gasteiger partial charge in [0.05, 0.1) is 6.61 Å². The molecule has 76 valence electrons. The van der Waals surface area contributed by atoms with Crippen LogP contribution in [0, 0.1) is 5.92 Å². The first kappa shape index (κ1) is 10.6. The van der Waals surface area contributed by atoms with Crippen molar-refractivity contribution in [2.24, 2.45) is 5.92 Å². The smallest absolute Gasteiger partial charge is 0.166 e. The third kappa shape index (κ3) is 2.76. The van der Waals surface area contributed by atoms with Crippen LogP contribution in [0.1, 0.15) is 12.8 Å². The van der Waals surface area contributed by atoms with Gasteiger partial charge in [-0.1, -0.05) is 0 Å². The van der Waals surface area contributed by atoms with Gasteiger partial charge in [-0.2, -0.15) is 0 Å². The second kappa shape index (κ2) is 4.69. The van der Waals surface area contributed by atoms with E-state index in [-0.39, 0.29) is 18.3 Å². The molecule has 0 bridgehead atoms. The van der Waals surface area contributed by atoms with E-state index < -0.39 is 6.10 Å². The molecule has 0 aromatic heterocycles. The summed E-state index contributed by atoms with van der Waals surface area (Å²) in [5.41, 5.74) is 0. The third-order valence-corrected chi connectivity index (χ3v) is 2.59. The lowest BCUT2D eigenvalue weighted by atomic mass is 9.93. The van der Waals surface area contributed by atoms with Gasteiger partial charge in [-0.05, 0) is 26.4 Å². The van der Waals surface area contributed by atoms with E-state index in [0.29, 0.717) is 12.8 Å². The molecule has 0 aromatic rings. The van der Waals surface area contributed by atoms with Crippen LogP contribution in [0.2, 0.25) is 0 Å². The average Bonchev–Trinajstić information content (AvgIpc) is 2.13. The van der Waals surface area contributed by atoms with Crippen molar-refractivity contribution in [3.8, 4) is 0 Å². The number of likely N-dealkylation sites (tertiary alicyclic amines) is 1. The molecule has 1 heterocycles. The van der Waals surface area contributed by atoms with E-state index in [1.54, 1.807) is 0 Å². The van der Waals surface area contributed by atoms with Crippen LogP contribution in [0.4, 0.5) is 0 Å². The molecule has 0 radical (unpaired) electrons. The van der Waals surface area contributed by atoms with Crippen LogP contribution in [-0.4, -0.2) is 53.7 Å². The largest absolute Gasteiger partial charge is 0.396 e. The molecule has 0 saturated carbocycles. The summed E-state index contributed by atoms with van der Waals surface area (Å²) in [5, 5.41) is 18.3.